The molecule has 0 unspecified atom stereocenters. The Bertz CT molecular complexity index is 323. The van der Waals surface area contributed by atoms with Crippen LogP contribution in [0, 0.1) is 11.3 Å². The Morgan fingerprint density at radius 3 is 2.47 bits per heavy atom. The van der Waals surface area contributed by atoms with E-state index in [9.17, 15) is 14.7 Å². The summed E-state index contributed by atoms with van der Waals surface area (Å²) in [7, 11) is 0. The third-order valence-corrected chi connectivity index (χ3v) is 4.23. The van der Waals surface area contributed by atoms with Crippen LogP contribution < -0.4 is 0 Å². The van der Waals surface area contributed by atoms with Crippen LogP contribution in [0.3, 0.4) is 0 Å². The first kappa shape index (κ1) is 12.4. The zero-order valence-electron chi connectivity index (χ0n) is 10.4. The molecule has 0 radical (unpaired) electrons. The SMILES string of the molecule is C[C@]1(C(=O)O)CCCN(C(=O)C2CCCC2)C1. The number of hydrogen-bond acceptors (Lipinski definition) is 2. The van der Waals surface area contributed by atoms with Gasteiger partial charge in [-0.05, 0) is 32.6 Å². The number of piperidine rings is 1. The standard InChI is InChI=1S/C13H21NO3/c1-13(12(16)17)7-4-8-14(9-13)11(15)10-5-2-3-6-10/h10H,2-9H2,1H3,(H,16,17)/t13-/m0/s1. The van der Waals surface area contributed by atoms with Gasteiger partial charge in [0.05, 0.1) is 5.41 Å². The zero-order chi connectivity index (χ0) is 12.5. The van der Waals surface area contributed by atoms with Crippen LogP contribution >= 0.6 is 0 Å². The van der Waals surface area contributed by atoms with Crippen molar-refractivity contribution in [3.8, 4) is 0 Å². The lowest BCUT2D eigenvalue weighted by molar-refractivity contribution is -0.154. The zero-order valence-corrected chi connectivity index (χ0v) is 10.4. The highest BCUT2D eigenvalue weighted by atomic mass is 16.4. The summed E-state index contributed by atoms with van der Waals surface area (Å²) >= 11 is 0. The average molecular weight is 239 g/mol. The first-order valence-electron chi connectivity index (χ1n) is 6.55. The number of carboxylic acids is 1. The van der Waals surface area contributed by atoms with Gasteiger partial charge in [0.1, 0.15) is 0 Å². The van der Waals surface area contributed by atoms with E-state index in [2.05, 4.69) is 0 Å². The number of carbonyl (C=O) groups is 2. The Morgan fingerprint density at radius 2 is 1.88 bits per heavy atom. The van der Waals surface area contributed by atoms with E-state index < -0.39 is 11.4 Å². The minimum Gasteiger partial charge on any atom is -0.481 e. The number of hydrogen-bond donors (Lipinski definition) is 1. The number of nitrogens with zero attached hydrogens (tertiary/aromatic N) is 1. The second kappa shape index (κ2) is 4.67. The summed E-state index contributed by atoms with van der Waals surface area (Å²) < 4.78 is 0. The van der Waals surface area contributed by atoms with E-state index in [-0.39, 0.29) is 11.8 Å². The highest BCUT2D eigenvalue weighted by Gasteiger charge is 2.40. The third-order valence-electron chi connectivity index (χ3n) is 4.23. The fraction of sp³-hybridized carbons (Fsp3) is 0.846. The molecule has 1 amide bonds. The predicted molar refractivity (Wildman–Crippen MR) is 63.5 cm³/mol. The van der Waals surface area contributed by atoms with Gasteiger partial charge in [0.15, 0.2) is 0 Å². The Balaban J connectivity index is 2.01. The molecule has 17 heavy (non-hydrogen) atoms. The molecule has 2 fully saturated rings. The van der Waals surface area contributed by atoms with Gasteiger partial charge in [-0.2, -0.15) is 0 Å². The third kappa shape index (κ3) is 2.45. The smallest absolute Gasteiger partial charge is 0.311 e. The van der Waals surface area contributed by atoms with Crippen molar-refractivity contribution < 1.29 is 14.7 Å². The van der Waals surface area contributed by atoms with Crippen LogP contribution in [0.4, 0.5) is 0 Å². The minimum absolute atomic E-state index is 0.158. The van der Waals surface area contributed by atoms with E-state index in [0.717, 1.165) is 38.6 Å². The van der Waals surface area contributed by atoms with Gasteiger partial charge in [-0.15, -0.1) is 0 Å². The van der Waals surface area contributed by atoms with Gasteiger partial charge in [0, 0.05) is 19.0 Å². The molecule has 1 atom stereocenters. The van der Waals surface area contributed by atoms with Gasteiger partial charge in [-0.3, -0.25) is 9.59 Å². The number of aliphatic carboxylic acids is 1. The summed E-state index contributed by atoms with van der Waals surface area (Å²) in [6.07, 6.45) is 5.73. The first-order valence-corrected chi connectivity index (χ1v) is 6.55. The first-order chi connectivity index (χ1) is 8.03. The van der Waals surface area contributed by atoms with Crippen LogP contribution in [0.5, 0.6) is 0 Å². The fourth-order valence-electron chi connectivity index (χ4n) is 3.03. The van der Waals surface area contributed by atoms with Crippen LogP contribution in [-0.4, -0.2) is 35.0 Å². The normalized spacial score (nSPS) is 30.5. The summed E-state index contributed by atoms with van der Waals surface area (Å²) in [5, 5.41) is 9.22. The molecule has 96 valence electrons. The van der Waals surface area contributed by atoms with Gasteiger partial charge >= 0.3 is 5.97 Å². The highest BCUT2D eigenvalue weighted by Crippen LogP contribution is 2.33. The van der Waals surface area contributed by atoms with Gasteiger partial charge < -0.3 is 10.0 Å². The quantitative estimate of drug-likeness (QED) is 0.800. The van der Waals surface area contributed by atoms with Crippen LogP contribution in [0.15, 0.2) is 0 Å². The topological polar surface area (TPSA) is 57.6 Å². The number of likely N-dealkylation sites (tertiary alicyclic amines) is 1. The largest absolute Gasteiger partial charge is 0.481 e. The number of rotatable bonds is 2. The molecule has 1 saturated carbocycles. The van der Waals surface area contributed by atoms with Crippen LogP contribution in [-0.2, 0) is 9.59 Å². The molecule has 0 spiro atoms. The van der Waals surface area contributed by atoms with Crippen LogP contribution in [0.2, 0.25) is 0 Å². The summed E-state index contributed by atoms with van der Waals surface area (Å²) in [6.45, 7) is 2.87. The van der Waals surface area contributed by atoms with Gasteiger partial charge in [-0.1, -0.05) is 12.8 Å². The molecule has 4 nitrogen and oxygen atoms in total. The molecule has 4 heteroatoms. The summed E-state index contributed by atoms with van der Waals surface area (Å²) in [4.78, 5) is 25.3. The van der Waals surface area contributed by atoms with Crippen molar-refractivity contribution in [3.63, 3.8) is 0 Å². The monoisotopic (exact) mass is 239 g/mol. The van der Waals surface area contributed by atoms with Crippen molar-refractivity contribution in [1.29, 1.82) is 0 Å². The van der Waals surface area contributed by atoms with E-state index in [0.29, 0.717) is 13.0 Å². The maximum absolute atomic E-state index is 12.2. The van der Waals surface area contributed by atoms with Crippen LogP contribution in [0.1, 0.15) is 45.4 Å². The Hall–Kier alpha value is -1.06. The van der Waals surface area contributed by atoms with Gasteiger partial charge in [-0.25, -0.2) is 0 Å². The molecule has 2 rings (SSSR count). The molecule has 1 aliphatic heterocycles. The second-order valence-corrected chi connectivity index (χ2v) is 5.71. The molecule has 0 aromatic carbocycles. The lowest BCUT2D eigenvalue weighted by Gasteiger charge is -2.38. The summed E-state index contributed by atoms with van der Waals surface area (Å²) in [5.41, 5.74) is -0.744. The molecule has 0 bridgehead atoms. The predicted octanol–water partition coefficient (Wildman–Crippen LogP) is 1.89. The summed E-state index contributed by atoms with van der Waals surface area (Å²) in [6, 6.07) is 0. The molecule has 1 saturated heterocycles. The fourth-order valence-corrected chi connectivity index (χ4v) is 3.03. The highest BCUT2D eigenvalue weighted by molar-refractivity contribution is 5.81. The number of amides is 1. The van der Waals surface area contributed by atoms with Crippen molar-refractivity contribution in [2.45, 2.75) is 45.4 Å². The van der Waals surface area contributed by atoms with E-state index in [1.165, 1.54) is 0 Å². The number of carbonyl (C=O) groups excluding carboxylic acids is 1. The average Bonchev–Trinajstić information content (AvgIpc) is 2.81. The lowest BCUT2D eigenvalue weighted by atomic mass is 9.81. The molecule has 1 N–H and O–H groups in total. The van der Waals surface area contributed by atoms with E-state index in [1.807, 2.05) is 0 Å². The van der Waals surface area contributed by atoms with Crippen molar-refractivity contribution in [2.75, 3.05) is 13.1 Å². The Morgan fingerprint density at radius 1 is 1.24 bits per heavy atom. The van der Waals surface area contributed by atoms with Gasteiger partial charge in [0.2, 0.25) is 5.91 Å². The molecular formula is C13H21NO3. The van der Waals surface area contributed by atoms with Gasteiger partial charge in [0.25, 0.3) is 0 Å². The molecule has 1 heterocycles. The Kier molecular flexibility index (Phi) is 3.40. The van der Waals surface area contributed by atoms with Crippen molar-refractivity contribution in [3.05, 3.63) is 0 Å². The van der Waals surface area contributed by atoms with Crippen LogP contribution in [0.25, 0.3) is 0 Å². The second-order valence-electron chi connectivity index (χ2n) is 5.71. The van der Waals surface area contributed by atoms with E-state index in [1.54, 1.807) is 11.8 Å². The molecule has 0 aromatic rings. The van der Waals surface area contributed by atoms with Crippen molar-refractivity contribution in [2.24, 2.45) is 11.3 Å². The summed E-state index contributed by atoms with van der Waals surface area (Å²) in [5.74, 6) is -0.428. The maximum atomic E-state index is 12.2. The minimum atomic E-state index is -0.776. The number of carboxylic acid groups (broad SMARTS) is 1. The maximum Gasteiger partial charge on any atom is 0.311 e. The molecular weight excluding hydrogens is 218 g/mol. The molecule has 2 aliphatic rings. The van der Waals surface area contributed by atoms with Crippen molar-refractivity contribution >= 4 is 11.9 Å². The van der Waals surface area contributed by atoms with E-state index >= 15 is 0 Å². The Labute approximate surface area is 102 Å². The molecule has 0 aromatic heterocycles. The molecule has 1 aliphatic carbocycles. The lowest BCUT2D eigenvalue weighted by Crippen LogP contribution is -2.49. The van der Waals surface area contributed by atoms with Crippen molar-refractivity contribution in [1.82, 2.24) is 4.90 Å². The van der Waals surface area contributed by atoms with E-state index in [4.69, 9.17) is 0 Å².